The van der Waals surface area contributed by atoms with Crippen molar-refractivity contribution >= 4 is 35.1 Å². The maximum atomic E-state index is 6.13. The van der Waals surface area contributed by atoms with E-state index >= 15 is 0 Å². The SMILES string of the molecule is COc1cc2nc(NCCN3CCCCCCC3)nc(N)c2cc1OC.Cl. The van der Waals surface area contributed by atoms with Crippen molar-refractivity contribution < 1.29 is 9.47 Å². The van der Waals surface area contributed by atoms with Crippen LogP contribution < -0.4 is 20.5 Å². The van der Waals surface area contributed by atoms with Crippen LogP contribution in [0.25, 0.3) is 10.9 Å². The molecule has 0 amide bonds. The first-order valence-electron chi connectivity index (χ1n) is 9.36. The second-order valence-corrected chi connectivity index (χ2v) is 6.69. The molecule has 0 aliphatic carbocycles. The number of fused-ring (bicyclic) bond motifs is 1. The number of methoxy groups -OCH3 is 2. The molecule has 0 unspecified atom stereocenters. The van der Waals surface area contributed by atoms with E-state index in [9.17, 15) is 0 Å². The van der Waals surface area contributed by atoms with Gasteiger partial charge in [-0.1, -0.05) is 19.3 Å². The van der Waals surface area contributed by atoms with Crippen molar-refractivity contribution in [1.29, 1.82) is 0 Å². The number of benzene rings is 1. The molecule has 2 heterocycles. The lowest BCUT2D eigenvalue weighted by molar-refractivity contribution is 0.256. The number of ether oxygens (including phenoxy) is 2. The van der Waals surface area contributed by atoms with Gasteiger partial charge in [0, 0.05) is 24.5 Å². The summed E-state index contributed by atoms with van der Waals surface area (Å²) in [5, 5.41) is 4.07. The highest BCUT2D eigenvalue weighted by Gasteiger charge is 2.12. The van der Waals surface area contributed by atoms with Crippen LogP contribution in [0.1, 0.15) is 32.1 Å². The van der Waals surface area contributed by atoms with Gasteiger partial charge in [0.2, 0.25) is 5.95 Å². The molecule has 2 aromatic rings. The number of aromatic nitrogens is 2. The fourth-order valence-corrected chi connectivity index (χ4v) is 3.42. The Morgan fingerprint density at radius 3 is 2.30 bits per heavy atom. The number of likely N-dealkylation sites (tertiary alicyclic amines) is 1. The quantitative estimate of drug-likeness (QED) is 0.775. The monoisotopic (exact) mass is 395 g/mol. The number of anilines is 2. The lowest BCUT2D eigenvalue weighted by Crippen LogP contribution is -2.32. The molecule has 7 nitrogen and oxygen atoms in total. The van der Waals surface area contributed by atoms with E-state index in [1.807, 2.05) is 12.1 Å². The Hall–Kier alpha value is -1.99. The molecule has 150 valence electrons. The molecule has 1 aromatic heterocycles. The molecule has 0 saturated carbocycles. The molecule has 1 aliphatic rings. The first-order valence-corrected chi connectivity index (χ1v) is 9.36. The molecule has 0 bridgehead atoms. The van der Waals surface area contributed by atoms with Crippen LogP contribution in [-0.2, 0) is 0 Å². The Balaban J connectivity index is 0.00000261. The first kappa shape index (κ1) is 21.3. The molecule has 0 radical (unpaired) electrons. The van der Waals surface area contributed by atoms with Crippen LogP contribution in [0.3, 0.4) is 0 Å². The van der Waals surface area contributed by atoms with E-state index in [0.717, 1.165) is 24.0 Å². The number of nitrogens with one attached hydrogen (secondary N) is 1. The summed E-state index contributed by atoms with van der Waals surface area (Å²) in [6, 6.07) is 3.64. The van der Waals surface area contributed by atoms with E-state index in [4.69, 9.17) is 15.2 Å². The standard InChI is InChI=1S/C19H29N5O2.ClH/c1-25-16-12-14-15(13-17(16)26-2)22-19(23-18(14)20)21-8-11-24-9-6-4-3-5-7-10-24;/h12-13H,3-11H2,1-2H3,(H3,20,21,22,23);1H. The summed E-state index contributed by atoms with van der Waals surface area (Å²) in [5.41, 5.74) is 6.87. The molecule has 1 saturated heterocycles. The smallest absolute Gasteiger partial charge is 0.225 e. The zero-order valence-electron chi connectivity index (χ0n) is 16.2. The van der Waals surface area contributed by atoms with Gasteiger partial charge in [0.25, 0.3) is 0 Å². The average Bonchev–Trinajstić information content (AvgIpc) is 2.62. The molecule has 1 aliphatic heterocycles. The zero-order chi connectivity index (χ0) is 18.4. The number of nitrogen functional groups attached to an aromatic ring is 1. The fraction of sp³-hybridized carbons (Fsp3) is 0.579. The molecule has 1 aromatic carbocycles. The summed E-state index contributed by atoms with van der Waals surface area (Å²) in [4.78, 5) is 11.5. The Labute approximate surface area is 167 Å². The van der Waals surface area contributed by atoms with Gasteiger partial charge in [-0.3, -0.25) is 0 Å². The number of rotatable bonds is 6. The summed E-state index contributed by atoms with van der Waals surface area (Å²) < 4.78 is 10.7. The van der Waals surface area contributed by atoms with E-state index in [1.54, 1.807) is 14.2 Å². The summed E-state index contributed by atoms with van der Waals surface area (Å²) in [6.45, 7) is 4.16. The van der Waals surface area contributed by atoms with E-state index in [-0.39, 0.29) is 12.4 Å². The van der Waals surface area contributed by atoms with Crippen LogP contribution in [0.15, 0.2) is 12.1 Å². The van der Waals surface area contributed by atoms with Crippen molar-refractivity contribution in [3.8, 4) is 11.5 Å². The molecule has 3 rings (SSSR count). The van der Waals surface area contributed by atoms with E-state index in [0.29, 0.717) is 23.3 Å². The van der Waals surface area contributed by atoms with Crippen LogP contribution in [0.2, 0.25) is 0 Å². The highest BCUT2D eigenvalue weighted by molar-refractivity contribution is 5.91. The Bertz CT molecular complexity index is 736. The summed E-state index contributed by atoms with van der Waals surface area (Å²) in [7, 11) is 3.21. The first-order chi connectivity index (χ1) is 12.7. The highest BCUT2D eigenvalue weighted by atomic mass is 35.5. The maximum absolute atomic E-state index is 6.13. The van der Waals surface area contributed by atoms with Crippen molar-refractivity contribution in [3.05, 3.63) is 12.1 Å². The molecule has 27 heavy (non-hydrogen) atoms. The highest BCUT2D eigenvalue weighted by Crippen LogP contribution is 2.33. The third kappa shape index (κ3) is 5.49. The lowest BCUT2D eigenvalue weighted by Gasteiger charge is -2.24. The van der Waals surface area contributed by atoms with E-state index in [2.05, 4.69) is 20.2 Å². The Kier molecular flexibility index (Phi) is 8.19. The predicted molar refractivity (Wildman–Crippen MR) is 112 cm³/mol. The minimum absolute atomic E-state index is 0. The van der Waals surface area contributed by atoms with Gasteiger partial charge in [-0.05, 0) is 32.0 Å². The van der Waals surface area contributed by atoms with Crippen LogP contribution in [0.5, 0.6) is 11.5 Å². The summed E-state index contributed by atoms with van der Waals surface area (Å²) in [6.07, 6.45) is 6.66. The van der Waals surface area contributed by atoms with Gasteiger partial charge in [-0.15, -0.1) is 12.4 Å². The average molecular weight is 396 g/mol. The molecule has 3 N–H and O–H groups in total. The van der Waals surface area contributed by atoms with Crippen LogP contribution in [-0.4, -0.2) is 55.3 Å². The number of nitrogens with zero attached hydrogens (tertiary/aromatic N) is 3. The molecule has 0 spiro atoms. The van der Waals surface area contributed by atoms with E-state index < -0.39 is 0 Å². The number of halogens is 1. The molecular formula is C19H30ClN5O2. The molecular weight excluding hydrogens is 366 g/mol. The van der Waals surface area contributed by atoms with Crippen molar-refractivity contribution in [2.75, 3.05) is 51.4 Å². The van der Waals surface area contributed by atoms with Crippen molar-refractivity contribution in [1.82, 2.24) is 14.9 Å². The summed E-state index contributed by atoms with van der Waals surface area (Å²) in [5.74, 6) is 2.23. The third-order valence-corrected chi connectivity index (χ3v) is 4.89. The largest absolute Gasteiger partial charge is 0.493 e. The van der Waals surface area contributed by atoms with Gasteiger partial charge >= 0.3 is 0 Å². The van der Waals surface area contributed by atoms with E-state index in [1.165, 1.54) is 45.2 Å². The van der Waals surface area contributed by atoms with Crippen molar-refractivity contribution in [2.45, 2.75) is 32.1 Å². The minimum Gasteiger partial charge on any atom is -0.493 e. The van der Waals surface area contributed by atoms with Gasteiger partial charge in [-0.25, -0.2) is 4.98 Å². The molecule has 0 atom stereocenters. The van der Waals surface area contributed by atoms with Gasteiger partial charge in [-0.2, -0.15) is 4.98 Å². The van der Waals surface area contributed by atoms with Gasteiger partial charge in [0.15, 0.2) is 11.5 Å². The normalized spacial score (nSPS) is 15.5. The zero-order valence-corrected chi connectivity index (χ0v) is 17.0. The van der Waals surface area contributed by atoms with Crippen molar-refractivity contribution in [3.63, 3.8) is 0 Å². The van der Waals surface area contributed by atoms with Crippen LogP contribution in [0, 0.1) is 0 Å². The second-order valence-electron chi connectivity index (χ2n) is 6.69. The number of nitrogens with two attached hydrogens (primary N) is 1. The van der Waals surface area contributed by atoms with Gasteiger partial charge in [0.05, 0.1) is 19.7 Å². The molecule has 1 fully saturated rings. The third-order valence-electron chi connectivity index (χ3n) is 4.89. The fourth-order valence-electron chi connectivity index (χ4n) is 3.42. The van der Waals surface area contributed by atoms with Crippen LogP contribution >= 0.6 is 12.4 Å². The number of hydrogen-bond acceptors (Lipinski definition) is 7. The van der Waals surface area contributed by atoms with Crippen molar-refractivity contribution in [2.24, 2.45) is 0 Å². The summed E-state index contributed by atoms with van der Waals surface area (Å²) >= 11 is 0. The predicted octanol–water partition coefficient (Wildman–Crippen LogP) is 3.33. The topological polar surface area (TPSA) is 85.5 Å². The van der Waals surface area contributed by atoms with Gasteiger partial charge in [0.1, 0.15) is 5.82 Å². The van der Waals surface area contributed by atoms with Gasteiger partial charge < -0.3 is 25.4 Å². The lowest BCUT2D eigenvalue weighted by atomic mass is 10.1. The maximum Gasteiger partial charge on any atom is 0.225 e. The van der Waals surface area contributed by atoms with Crippen LogP contribution in [0.4, 0.5) is 11.8 Å². The molecule has 8 heteroatoms. The Morgan fingerprint density at radius 2 is 1.63 bits per heavy atom. The number of hydrogen-bond donors (Lipinski definition) is 2. The Morgan fingerprint density at radius 1 is 1.00 bits per heavy atom. The second kappa shape index (κ2) is 10.4. The minimum atomic E-state index is 0.